The zero-order chi connectivity index (χ0) is 9.59. The van der Waals surface area contributed by atoms with Crippen LogP contribution in [0.15, 0.2) is 15.7 Å². The van der Waals surface area contributed by atoms with Crippen LogP contribution in [-0.2, 0) is 7.05 Å². The van der Waals surface area contributed by atoms with Crippen molar-refractivity contribution >= 4 is 10.9 Å². The van der Waals surface area contributed by atoms with Gasteiger partial charge in [0, 0.05) is 18.8 Å². The smallest absolute Gasteiger partial charge is 0.275 e. The van der Waals surface area contributed by atoms with Gasteiger partial charge >= 0.3 is 0 Å². The molecule has 0 saturated heterocycles. The maximum absolute atomic E-state index is 11.5. The van der Waals surface area contributed by atoms with Gasteiger partial charge in [0.15, 0.2) is 0 Å². The molecule has 0 radical (unpaired) electrons. The second-order valence-corrected chi connectivity index (χ2v) is 3.02. The van der Waals surface area contributed by atoms with Crippen molar-refractivity contribution in [3.05, 3.63) is 32.5 Å². The standard InChI is InChI=1S/C8H9N3O2/c1-4-7-5(3-6(12)9-4)10-11(2)8(7)13/h3,10H,1-2H3,(H,9,12). The molecule has 2 aromatic rings. The van der Waals surface area contributed by atoms with Crippen molar-refractivity contribution in [2.24, 2.45) is 7.05 Å². The molecule has 0 saturated carbocycles. The minimum absolute atomic E-state index is 0.122. The summed E-state index contributed by atoms with van der Waals surface area (Å²) >= 11 is 0. The highest BCUT2D eigenvalue weighted by Gasteiger charge is 2.07. The number of nitrogens with zero attached hydrogens (tertiary/aromatic N) is 1. The Morgan fingerprint density at radius 1 is 1.38 bits per heavy atom. The summed E-state index contributed by atoms with van der Waals surface area (Å²) in [6.45, 7) is 1.71. The molecule has 0 unspecified atom stereocenters. The van der Waals surface area contributed by atoms with Crippen molar-refractivity contribution in [1.29, 1.82) is 0 Å². The van der Waals surface area contributed by atoms with E-state index in [9.17, 15) is 9.59 Å². The van der Waals surface area contributed by atoms with E-state index in [2.05, 4.69) is 10.1 Å². The van der Waals surface area contributed by atoms with E-state index in [1.54, 1.807) is 14.0 Å². The largest absolute Gasteiger partial charge is 0.326 e. The lowest BCUT2D eigenvalue weighted by Crippen LogP contribution is -2.13. The van der Waals surface area contributed by atoms with Crippen molar-refractivity contribution in [2.75, 3.05) is 0 Å². The van der Waals surface area contributed by atoms with Crippen LogP contribution in [0.2, 0.25) is 0 Å². The number of rotatable bonds is 0. The fourth-order valence-corrected chi connectivity index (χ4v) is 1.45. The average Bonchev–Trinajstić information content (AvgIpc) is 2.27. The molecule has 0 aliphatic carbocycles. The summed E-state index contributed by atoms with van der Waals surface area (Å²) in [7, 11) is 1.62. The highest BCUT2D eigenvalue weighted by molar-refractivity contribution is 5.79. The van der Waals surface area contributed by atoms with E-state index in [0.29, 0.717) is 16.6 Å². The summed E-state index contributed by atoms with van der Waals surface area (Å²) in [6.07, 6.45) is 0. The van der Waals surface area contributed by atoms with E-state index >= 15 is 0 Å². The van der Waals surface area contributed by atoms with Gasteiger partial charge < -0.3 is 4.98 Å². The molecule has 0 aliphatic rings. The summed E-state index contributed by atoms with van der Waals surface area (Å²) < 4.78 is 1.35. The minimum atomic E-state index is -0.202. The Balaban J connectivity index is 3.12. The Hall–Kier alpha value is -1.78. The Labute approximate surface area is 73.0 Å². The molecule has 68 valence electrons. The number of nitrogens with one attached hydrogen (secondary N) is 2. The van der Waals surface area contributed by atoms with Crippen LogP contribution in [0.4, 0.5) is 0 Å². The second-order valence-electron chi connectivity index (χ2n) is 3.02. The van der Waals surface area contributed by atoms with Gasteiger partial charge in [0.05, 0.1) is 10.9 Å². The highest BCUT2D eigenvalue weighted by Crippen LogP contribution is 2.05. The summed E-state index contributed by atoms with van der Waals surface area (Å²) in [6, 6.07) is 1.38. The maximum Gasteiger partial charge on any atom is 0.275 e. The maximum atomic E-state index is 11.5. The average molecular weight is 179 g/mol. The van der Waals surface area contributed by atoms with Crippen LogP contribution in [0, 0.1) is 6.92 Å². The number of aromatic amines is 2. The molecule has 5 heteroatoms. The number of hydrogen-bond acceptors (Lipinski definition) is 2. The molecule has 2 heterocycles. The summed E-state index contributed by atoms with van der Waals surface area (Å²) in [5, 5.41) is 3.34. The van der Waals surface area contributed by atoms with Gasteiger partial charge in [-0.2, -0.15) is 0 Å². The molecule has 13 heavy (non-hydrogen) atoms. The molecule has 2 aromatic heterocycles. The molecule has 2 N–H and O–H groups in total. The fourth-order valence-electron chi connectivity index (χ4n) is 1.45. The zero-order valence-corrected chi connectivity index (χ0v) is 7.34. The SMILES string of the molecule is Cc1[nH]c(=O)cc2[nH]n(C)c(=O)c12. The van der Waals surface area contributed by atoms with Crippen LogP contribution in [0.25, 0.3) is 10.9 Å². The Bertz CT molecular complexity index is 573. The molecule has 0 spiro atoms. The third kappa shape index (κ3) is 1.00. The molecule has 2 rings (SSSR count). The van der Waals surface area contributed by atoms with Gasteiger partial charge in [0.2, 0.25) is 5.56 Å². The van der Waals surface area contributed by atoms with Gasteiger partial charge in [-0.05, 0) is 6.92 Å². The Morgan fingerprint density at radius 2 is 2.08 bits per heavy atom. The Morgan fingerprint density at radius 3 is 2.77 bits per heavy atom. The van der Waals surface area contributed by atoms with Gasteiger partial charge in [0.1, 0.15) is 0 Å². The van der Waals surface area contributed by atoms with Crippen molar-refractivity contribution < 1.29 is 0 Å². The van der Waals surface area contributed by atoms with E-state index in [0.717, 1.165) is 0 Å². The number of aryl methyl sites for hydroxylation is 2. The summed E-state index contributed by atoms with van der Waals surface area (Å²) in [5.74, 6) is 0. The second kappa shape index (κ2) is 2.35. The molecule has 0 fully saturated rings. The fraction of sp³-hybridized carbons (Fsp3) is 0.250. The van der Waals surface area contributed by atoms with E-state index < -0.39 is 0 Å². The number of aromatic nitrogens is 3. The lowest BCUT2D eigenvalue weighted by atomic mass is 10.2. The van der Waals surface area contributed by atoms with Crippen LogP contribution in [-0.4, -0.2) is 14.8 Å². The molecule has 0 amide bonds. The predicted molar refractivity (Wildman–Crippen MR) is 48.9 cm³/mol. The van der Waals surface area contributed by atoms with Gasteiger partial charge in [-0.25, -0.2) is 0 Å². The summed E-state index contributed by atoms with van der Waals surface area (Å²) in [5.41, 5.74) is 0.855. The first-order chi connectivity index (χ1) is 6.09. The monoisotopic (exact) mass is 179 g/mol. The summed E-state index contributed by atoms with van der Waals surface area (Å²) in [4.78, 5) is 25.1. The van der Waals surface area contributed by atoms with E-state index in [4.69, 9.17) is 0 Å². The van der Waals surface area contributed by atoms with E-state index in [1.807, 2.05) is 0 Å². The lowest BCUT2D eigenvalue weighted by Gasteiger charge is -1.91. The predicted octanol–water partition coefficient (Wildman–Crippen LogP) is -0.137. The third-order valence-electron chi connectivity index (χ3n) is 2.04. The van der Waals surface area contributed by atoms with Gasteiger partial charge in [-0.3, -0.25) is 19.4 Å². The number of fused-ring (bicyclic) bond motifs is 1. The molecular formula is C8H9N3O2. The van der Waals surface area contributed by atoms with Crippen LogP contribution in [0.3, 0.4) is 0 Å². The number of pyridine rings is 1. The van der Waals surface area contributed by atoms with Crippen LogP contribution >= 0.6 is 0 Å². The topological polar surface area (TPSA) is 70.7 Å². The molecule has 0 aromatic carbocycles. The zero-order valence-electron chi connectivity index (χ0n) is 7.34. The Kier molecular flexibility index (Phi) is 1.42. The van der Waals surface area contributed by atoms with Crippen LogP contribution in [0.5, 0.6) is 0 Å². The van der Waals surface area contributed by atoms with Crippen molar-refractivity contribution in [2.45, 2.75) is 6.92 Å². The van der Waals surface area contributed by atoms with Crippen LogP contribution < -0.4 is 11.1 Å². The lowest BCUT2D eigenvalue weighted by molar-refractivity contribution is 0.751. The number of H-pyrrole nitrogens is 2. The molecule has 0 bridgehead atoms. The highest BCUT2D eigenvalue weighted by atomic mass is 16.1. The quantitative estimate of drug-likeness (QED) is 0.591. The van der Waals surface area contributed by atoms with E-state index in [1.165, 1.54) is 10.7 Å². The number of hydrogen-bond donors (Lipinski definition) is 2. The van der Waals surface area contributed by atoms with Crippen LogP contribution in [0.1, 0.15) is 5.69 Å². The molecular weight excluding hydrogens is 170 g/mol. The van der Waals surface area contributed by atoms with E-state index in [-0.39, 0.29) is 11.1 Å². The van der Waals surface area contributed by atoms with Gasteiger partial charge in [-0.1, -0.05) is 0 Å². The van der Waals surface area contributed by atoms with Crippen molar-refractivity contribution in [1.82, 2.24) is 14.8 Å². The van der Waals surface area contributed by atoms with Crippen molar-refractivity contribution in [3.63, 3.8) is 0 Å². The first-order valence-corrected chi connectivity index (χ1v) is 3.88. The van der Waals surface area contributed by atoms with Gasteiger partial charge in [0.25, 0.3) is 5.56 Å². The molecule has 0 atom stereocenters. The molecule has 5 nitrogen and oxygen atoms in total. The third-order valence-corrected chi connectivity index (χ3v) is 2.04. The molecule has 0 aliphatic heterocycles. The first kappa shape index (κ1) is 7.85. The first-order valence-electron chi connectivity index (χ1n) is 3.88. The minimum Gasteiger partial charge on any atom is -0.326 e. The van der Waals surface area contributed by atoms with Gasteiger partial charge in [-0.15, -0.1) is 0 Å². The van der Waals surface area contributed by atoms with Crippen molar-refractivity contribution in [3.8, 4) is 0 Å². The normalized spacial score (nSPS) is 10.9.